The molecule has 2 aromatic carbocycles. The molecule has 0 radical (unpaired) electrons. The number of carbonyl (C=O) groups is 1. The smallest absolute Gasteiger partial charge is 0.418 e. The number of nitrogens with zero attached hydrogens (tertiary/aromatic N) is 2. The highest BCUT2D eigenvalue weighted by molar-refractivity contribution is 6.00. The van der Waals surface area contributed by atoms with Crippen LogP contribution in [0.2, 0.25) is 0 Å². The van der Waals surface area contributed by atoms with Crippen molar-refractivity contribution in [1.82, 2.24) is 9.66 Å². The maximum atomic E-state index is 13.0. The summed E-state index contributed by atoms with van der Waals surface area (Å²) in [7, 11) is 0. The van der Waals surface area contributed by atoms with Gasteiger partial charge in [-0.05, 0) is 18.2 Å². The number of alkyl halides is 3. The van der Waals surface area contributed by atoms with Crippen LogP contribution in [0.4, 0.5) is 18.9 Å². The highest BCUT2D eigenvalue weighted by Gasteiger charge is 2.33. The molecule has 3 aromatic rings. The molecule has 1 aromatic heterocycles. The average molecular weight is 320 g/mol. The molecule has 118 valence electrons. The zero-order valence-corrected chi connectivity index (χ0v) is 11.5. The number of rotatable bonds is 3. The Labute approximate surface area is 128 Å². The lowest BCUT2D eigenvalue weighted by molar-refractivity contribution is -0.254. The Morgan fingerprint density at radius 2 is 1.87 bits per heavy atom. The first kappa shape index (κ1) is 14.9. The van der Waals surface area contributed by atoms with E-state index in [9.17, 15) is 23.1 Å². The number of carbonyl (C=O) groups excluding carboxylic acids is 1. The van der Waals surface area contributed by atoms with Crippen molar-refractivity contribution >= 4 is 22.7 Å². The Morgan fingerprint density at radius 3 is 2.57 bits per heavy atom. The summed E-state index contributed by atoms with van der Waals surface area (Å²) >= 11 is 0. The molecule has 5 nitrogen and oxygen atoms in total. The van der Waals surface area contributed by atoms with E-state index >= 15 is 0 Å². The molecule has 8 heteroatoms. The molecule has 0 amide bonds. The number of carboxylic acid groups (broad SMARTS) is 1. The number of aromatic carboxylic acids is 1. The third-order valence-corrected chi connectivity index (χ3v) is 3.27. The second-order valence-electron chi connectivity index (χ2n) is 4.73. The quantitative estimate of drug-likeness (QED) is 0.804. The van der Waals surface area contributed by atoms with Gasteiger partial charge >= 0.3 is 6.18 Å². The van der Waals surface area contributed by atoms with Crippen molar-refractivity contribution in [3.8, 4) is 0 Å². The number of fused-ring (bicyclic) bond motifs is 1. The van der Waals surface area contributed by atoms with E-state index in [1.54, 1.807) is 0 Å². The molecular formula is C15H9F3N3O2-. The summed E-state index contributed by atoms with van der Waals surface area (Å²) in [6.07, 6.45) is -3.31. The van der Waals surface area contributed by atoms with Crippen LogP contribution < -0.4 is 10.5 Å². The van der Waals surface area contributed by atoms with Gasteiger partial charge in [0.1, 0.15) is 6.33 Å². The predicted octanol–water partition coefficient (Wildman–Crippen LogP) is 2.29. The summed E-state index contributed by atoms with van der Waals surface area (Å²) in [6, 6.07) is 9.29. The maximum absolute atomic E-state index is 13.0. The molecule has 0 bridgehead atoms. The normalized spacial score (nSPS) is 11.6. The highest BCUT2D eigenvalue weighted by Crippen LogP contribution is 2.34. The molecule has 0 spiro atoms. The SMILES string of the molecule is O=C([O-])c1cccc2c1ncn2Nc1ccccc1C(F)(F)F. The predicted molar refractivity (Wildman–Crippen MR) is 74.5 cm³/mol. The van der Waals surface area contributed by atoms with E-state index in [0.717, 1.165) is 6.07 Å². The second kappa shape index (κ2) is 5.31. The van der Waals surface area contributed by atoms with Crippen LogP contribution in [0.5, 0.6) is 0 Å². The summed E-state index contributed by atoms with van der Waals surface area (Å²) in [5.74, 6) is -1.41. The van der Waals surface area contributed by atoms with Crippen LogP contribution in [-0.4, -0.2) is 15.6 Å². The first-order chi connectivity index (χ1) is 10.9. The zero-order valence-electron chi connectivity index (χ0n) is 11.5. The molecule has 23 heavy (non-hydrogen) atoms. The Bertz CT molecular complexity index is 887. The minimum absolute atomic E-state index is 0.129. The molecule has 3 rings (SSSR count). The summed E-state index contributed by atoms with van der Waals surface area (Å²) in [4.78, 5) is 15.0. The van der Waals surface area contributed by atoms with Crippen LogP contribution in [-0.2, 0) is 6.18 Å². The number of benzene rings is 2. The Morgan fingerprint density at radius 1 is 1.13 bits per heavy atom. The minimum Gasteiger partial charge on any atom is -0.545 e. The van der Waals surface area contributed by atoms with Gasteiger partial charge in [0.05, 0.1) is 28.3 Å². The average Bonchev–Trinajstić information content (AvgIpc) is 2.90. The van der Waals surface area contributed by atoms with Crippen LogP contribution in [0, 0.1) is 0 Å². The molecule has 1 N–H and O–H groups in total. The molecule has 0 aliphatic carbocycles. The van der Waals surface area contributed by atoms with Gasteiger partial charge in [0.25, 0.3) is 0 Å². The van der Waals surface area contributed by atoms with E-state index in [4.69, 9.17) is 0 Å². The van der Waals surface area contributed by atoms with Gasteiger partial charge in [0.15, 0.2) is 0 Å². The third-order valence-electron chi connectivity index (χ3n) is 3.27. The minimum atomic E-state index is -4.52. The lowest BCUT2D eigenvalue weighted by Gasteiger charge is -2.15. The molecule has 0 unspecified atom stereocenters. The van der Waals surface area contributed by atoms with E-state index in [2.05, 4.69) is 10.4 Å². The van der Waals surface area contributed by atoms with Gasteiger partial charge < -0.3 is 9.90 Å². The van der Waals surface area contributed by atoms with Crippen molar-refractivity contribution in [3.63, 3.8) is 0 Å². The molecule has 0 fully saturated rings. The van der Waals surface area contributed by atoms with E-state index < -0.39 is 17.7 Å². The van der Waals surface area contributed by atoms with E-state index in [1.807, 2.05) is 0 Å². The van der Waals surface area contributed by atoms with Crippen molar-refractivity contribution in [3.05, 3.63) is 59.9 Å². The number of carboxylic acids is 1. The fourth-order valence-corrected chi connectivity index (χ4v) is 2.25. The number of hydrogen-bond acceptors (Lipinski definition) is 4. The molecule has 1 heterocycles. The van der Waals surface area contributed by atoms with Crippen LogP contribution in [0.1, 0.15) is 15.9 Å². The Kier molecular flexibility index (Phi) is 3.44. The van der Waals surface area contributed by atoms with Crippen LogP contribution in [0.15, 0.2) is 48.8 Å². The topological polar surface area (TPSA) is 70.0 Å². The molecule has 0 atom stereocenters. The Balaban J connectivity index is 2.07. The second-order valence-corrected chi connectivity index (χ2v) is 4.73. The third kappa shape index (κ3) is 2.70. The van der Waals surface area contributed by atoms with Gasteiger partial charge in [0.2, 0.25) is 0 Å². The molecule has 0 aliphatic heterocycles. The fraction of sp³-hybridized carbons (Fsp3) is 0.0667. The van der Waals surface area contributed by atoms with Crippen LogP contribution >= 0.6 is 0 Å². The van der Waals surface area contributed by atoms with Crippen molar-refractivity contribution in [1.29, 1.82) is 0 Å². The van der Waals surface area contributed by atoms with Gasteiger partial charge in [-0.25, -0.2) is 9.66 Å². The van der Waals surface area contributed by atoms with E-state index in [1.165, 1.54) is 47.4 Å². The van der Waals surface area contributed by atoms with Gasteiger partial charge in [-0.15, -0.1) is 0 Å². The highest BCUT2D eigenvalue weighted by atomic mass is 19.4. The van der Waals surface area contributed by atoms with Crippen molar-refractivity contribution < 1.29 is 23.1 Å². The van der Waals surface area contributed by atoms with Crippen molar-refractivity contribution in [2.45, 2.75) is 6.18 Å². The molecule has 0 aliphatic rings. The number of para-hydroxylation sites is 2. The van der Waals surface area contributed by atoms with E-state index in [-0.39, 0.29) is 16.8 Å². The lowest BCUT2D eigenvalue weighted by Crippen LogP contribution is -2.22. The van der Waals surface area contributed by atoms with Gasteiger partial charge in [-0.1, -0.05) is 24.3 Å². The number of aromatic nitrogens is 2. The fourth-order valence-electron chi connectivity index (χ4n) is 2.25. The van der Waals surface area contributed by atoms with Gasteiger partial charge in [0, 0.05) is 5.56 Å². The number of imidazole rings is 1. The standard InChI is InChI=1S/C15H10F3N3O2/c16-15(17,18)10-5-1-2-6-11(10)20-21-8-19-13-9(14(22)23)4-3-7-12(13)21/h1-8,20H,(H,22,23)/p-1. The monoisotopic (exact) mass is 320 g/mol. The number of hydrogen-bond donors (Lipinski definition) is 1. The van der Waals surface area contributed by atoms with Gasteiger partial charge in [-0.3, -0.25) is 5.43 Å². The van der Waals surface area contributed by atoms with E-state index in [0.29, 0.717) is 5.52 Å². The maximum Gasteiger partial charge on any atom is 0.418 e. The largest absolute Gasteiger partial charge is 0.545 e. The summed E-state index contributed by atoms with van der Waals surface area (Å²) in [5.41, 5.74) is 1.91. The summed E-state index contributed by atoms with van der Waals surface area (Å²) in [5, 5.41) is 11.0. The summed E-state index contributed by atoms with van der Waals surface area (Å²) in [6.45, 7) is 0. The Hall–Kier alpha value is -3.03. The first-order valence-corrected chi connectivity index (χ1v) is 6.48. The number of halogens is 3. The van der Waals surface area contributed by atoms with Crippen molar-refractivity contribution in [2.24, 2.45) is 0 Å². The molecular weight excluding hydrogens is 311 g/mol. The van der Waals surface area contributed by atoms with Crippen LogP contribution in [0.25, 0.3) is 11.0 Å². The lowest BCUT2D eigenvalue weighted by atomic mass is 10.2. The van der Waals surface area contributed by atoms with Crippen LogP contribution in [0.3, 0.4) is 0 Å². The molecule has 0 saturated heterocycles. The number of nitrogens with one attached hydrogen (secondary N) is 1. The van der Waals surface area contributed by atoms with Crippen molar-refractivity contribution in [2.75, 3.05) is 5.43 Å². The van der Waals surface area contributed by atoms with Gasteiger partial charge in [-0.2, -0.15) is 13.2 Å². The summed E-state index contributed by atoms with van der Waals surface area (Å²) < 4.78 is 40.3. The zero-order chi connectivity index (χ0) is 16.6. The molecule has 0 saturated carbocycles. The number of anilines is 1. The first-order valence-electron chi connectivity index (χ1n) is 6.48.